The standard InChI is InChI=1S/C20H17Cl2NO4/c1-3-25-18-10-13(8-15-12(2)23-27-20(15)24)9-17(22)19(18)26-11-14-6-4-5-7-16(14)21/h4-10H,3,11H2,1-2H3/b15-8+. The Kier molecular flexibility index (Phi) is 6.04. The Hall–Kier alpha value is -2.50. The minimum Gasteiger partial charge on any atom is -0.490 e. The molecule has 0 fully saturated rings. The smallest absolute Gasteiger partial charge is 0.367 e. The van der Waals surface area contributed by atoms with Crippen LogP contribution in [0, 0.1) is 0 Å². The van der Waals surface area contributed by atoms with Gasteiger partial charge in [0.2, 0.25) is 0 Å². The van der Waals surface area contributed by atoms with Crippen LogP contribution in [0.15, 0.2) is 47.1 Å². The van der Waals surface area contributed by atoms with Crippen molar-refractivity contribution in [3.8, 4) is 11.5 Å². The third-order valence-electron chi connectivity index (χ3n) is 3.85. The number of oxime groups is 1. The van der Waals surface area contributed by atoms with E-state index in [-0.39, 0.29) is 6.61 Å². The molecular weight excluding hydrogens is 389 g/mol. The molecule has 1 heterocycles. The molecule has 1 aliphatic rings. The van der Waals surface area contributed by atoms with Crippen LogP contribution in [0.4, 0.5) is 0 Å². The molecule has 0 spiro atoms. The average molecular weight is 406 g/mol. The third kappa shape index (κ3) is 4.43. The molecule has 0 saturated carbocycles. The van der Waals surface area contributed by atoms with Gasteiger partial charge in [0.25, 0.3) is 0 Å². The van der Waals surface area contributed by atoms with Gasteiger partial charge in [-0.3, -0.25) is 0 Å². The Bertz CT molecular complexity index is 938. The van der Waals surface area contributed by atoms with Crippen molar-refractivity contribution in [3.63, 3.8) is 0 Å². The Labute approximate surface area is 167 Å². The highest BCUT2D eigenvalue weighted by atomic mass is 35.5. The molecule has 2 aromatic rings. The number of benzene rings is 2. The number of carbonyl (C=O) groups is 1. The Morgan fingerprint density at radius 3 is 2.59 bits per heavy atom. The molecule has 0 unspecified atom stereocenters. The fraction of sp³-hybridized carbons (Fsp3) is 0.200. The normalized spacial score (nSPS) is 14.9. The van der Waals surface area contributed by atoms with Gasteiger partial charge in [-0.15, -0.1) is 0 Å². The Balaban J connectivity index is 1.91. The van der Waals surface area contributed by atoms with Gasteiger partial charge in [-0.25, -0.2) is 4.79 Å². The van der Waals surface area contributed by atoms with E-state index in [1.54, 1.807) is 31.2 Å². The van der Waals surface area contributed by atoms with E-state index in [1.807, 2.05) is 25.1 Å². The largest absolute Gasteiger partial charge is 0.490 e. The van der Waals surface area contributed by atoms with Gasteiger partial charge < -0.3 is 14.3 Å². The second-order valence-corrected chi connectivity index (χ2v) is 6.57. The molecule has 3 rings (SSSR count). The van der Waals surface area contributed by atoms with Gasteiger partial charge in [0.1, 0.15) is 6.61 Å². The highest BCUT2D eigenvalue weighted by Crippen LogP contribution is 2.38. The lowest BCUT2D eigenvalue weighted by Gasteiger charge is -2.15. The van der Waals surface area contributed by atoms with Crippen LogP contribution in [-0.4, -0.2) is 18.3 Å². The summed E-state index contributed by atoms with van der Waals surface area (Å²) in [4.78, 5) is 16.4. The van der Waals surface area contributed by atoms with Crippen LogP contribution in [-0.2, 0) is 16.2 Å². The highest BCUT2D eigenvalue weighted by molar-refractivity contribution is 6.32. The molecule has 27 heavy (non-hydrogen) atoms. The molecule has 5 nitrogen and oxygen atoms in total. The van der Waals surface area contributed by atoms with E-state index in [9.17, 15) is 4.79 Å². The second kappa shape index (κ2) is 8.46. The van der Waals surface area contributed by atoms with Crippen LogP contribution in [0.2, 0.25) is 10.0 Å². The van der Waals surface area contributed by atoms with Gasteiger partial charge in [-0.2, -0.15) is 0 Å². The zero-order valence-corrected chi connectivity index (χ0v) is 16.3. The number of hydrogen-bond donors (Lipinski definition) is 0. The molecular formula is C20H17Cl2NO4. The minimum atomic E-state index is -0.499. The van der Waals surface area contributed by atoms with Gasteiger partial charge in [0.05, 0.1) is 22.9 Å². The zero-order valence-electron chi connectivity index (χ0n) is 14.8. The molecule has 140 valence electrons. The van der Waals surface area contributed by atoms with E-state index >= 15 is 0 Å². The fourth-order valence-corrected chi connectivity index (χ4v) is 2.99. The van der Waals surface area contributed by atoms with Crippen LogP contribution in [0.3, 0.4) is 0 Å². The molecule has 7 heteroatoms. The summed E-state index contributed by atoms with van der Waals surface area (Å²) in [5.41, 5.74) is 2.40. The number of ether oxygens (including phenoxy) is 2. The van der Waals surface area contributed by atoms with E-state index in [4.69, 9.17) is 32.7 Å². The maximum absolute atomic E-state index is 11.7. The number of hydrogen-bond acceptors (Lipinski definition) is 5. The number of carbonyl (C=O) groups excluding carboxylic acids is 1. The van der Waals surface area contributed by atoms with E-state index in [0.717, 1.165) is 5.56 Å². The first-order chi connectivity index (χ1) is 13.0. The molecule has 0 N–H and O–H groups in total. The highest BCUT2D eigenvalue weighted by Gasteiger charge is 2.22. The van der Waals surface area contributed by atoms with Crippen LogP contribution in [0.25, 0.3) is 6.08 Å². The van der Waals surface area contributed by atoms with Crippen LogP contribution < -0.4 is 9.47 Å². The molecule has 0 aromatic heterocycles. The molecule has 1 aliphatic heterocycles. The first-order valence-corrected chi connectivity index (χ1v) is 9.05. The van der Waals surface area contributed by atoms with E-state index < -0.39 is 5.97 Å². The number of halogens is 2. The summed E-state index contributed by atoms with van der Waals surface area (Å²) >= 11 is 12.6. The molecule has 0 saturated heterocycles. The molecule has 0 atom stereocenters. The molecule has 0 amide bonds. The van der Waals surface area contributed by atoms with Crippen molar-refractivity contribution in [2.75, 3.05) is 6.61 Å². The van der Waals surface area contributed by atoms with Gasteiger partial charge in [0, 0.05) is 10.6 Å². The van der Waals surface area contributed by atoms with Crippen LogP contribution >= 0.6 is 23.2 Å². The van der Waals surface area contributed by atoms with Crippen molar-refractivity contribution in [2.45, 2.75) is 20.5 Å². The molecule has 0 radical (unpaired) electrons. The molecule has 2 aromatic carbocycles. The maximum atomic E-state index is 11.7. The summed E-state index contributed by atoms with van der Waals surface area (Å²) in [5.74, 6) is 0.394. The topological polar surface area (TPSA) is 57.1 Å². The molecule has 0 bridgehead atoms. The maximum Gasteiger partial charge on any atom is 0.367 e. The van der Waals surface area contributed by atoms with Gasteiger partial charge in [-0.1, -0.05) is 46.6 Å². The van der Waals surface area contributed by atoms with Gasteiger partial charge in [-0.05, 0) is 43.7 Å². The van der Waals surface area contributed by atoms with Crippen LogP contribution in [0.5, 0.6) is 11.5 Å². The lowest BCUT2D eigenvalue weighted by molar-refractivity contribution is -0.136. The second-order valence-electron chi connectivity index (χ2n) is 5.76. The number of nitrogens with zero attached hydrogens (tertiary/aromatic N) is 1. The summed E-state index contributed by atoms with van der Waals surface area (Å²) in [7, 11) is 0. The third-order valence-corrected chi connectivity index (χ3v) is 4.50. The van der Waals surface area contributed by atoms with Crippen molar-refractivity contribution in [1.29, 1.82) is 0 Å². The first kappa shape index (κ1) is 19.3. The average Bonchev–Trinajstić information content (AvgIpc) is 2.95. The summed E-state index contributed by atoms with van der Waals surface area (Å²) in [6, 6.07) is 10.9. The lowest BCUT2D eigenvalue weighted by atomic mass is 10.1. The van der Waals surface area contributed by atoms with Crippen molar-refractivity contribution < 1.29 is 19.1 Å². The zero-order chi connectivity index (χ0) is 19.4. The van der Waals surface area contributed by atoms with E-state index in [1.165, 1.54) is 0 Å². The Morgan fingerprint density at radius 2 is 1.93 bits per heavy atom. The van der Waals surface area contributed by atoms with Crippen LogP contribution in [0.1, 0.15) is 25.0 Å². The van der Waals surface area contributed by atoms with Gasteiger partial charge in [0.15, 0.2) is 11.5 Å². The first-order valence-electron chi connectivity index (χ1n) is 8.30. The lowest BCUT2D eigenvalue weighted by Crippen LogP contribution is -2.03. The summed E-state index contributed by atoms with van der Waals surface area (Å²) in [6.45, 7) is 4.24. The summed E-state index contributed by atoms with van der Waals surface area (Å²) in [6.07, 6.45) is 1.65. The fourth-order valence-electron chi connectivity index (χ4n) is 2.53. The van der Waals surface area contributed by atoms with Crippen molar-refractivity contribution in [2.24, 2.45) is 5.16 Å². The van der Waals surface area contributed by atoms with Crippen molar-refractivity contribution in [1.82, 2.24) is 0 Å². The monoisotopic (exact) mass is 405 g/mol. The SMILES string of the molecule is CCOc1cc(/C=C2/C(=O)ON=C2C)cc(Cl)c1OCc1ccccc1Cl. The van der Waals surface area contributed by atoms with E-state index in [0.29, 0.717) is 45.0 Å². The quantitative estimate of drug-likeness (QED) is 0.483. The molecule has 0 aliphatic carbocycles. The minimum absolute atomic E-state index is 0.248. The predicted molar refractivity (Wildman–Crippen MR) is 106 cm³/mol. The predicted octanol–water partition coefficient (Wildman–Crippen LogP) is 5.29. The number of rotatable bonds is 6. The summed E-state index contributed by atoms with van der Waals surface area (Å²) < 4.78 is 11.6. The van der Waals surface area contributed by atoms with Gasteiger partial charge >= 0.3 is 5.97 Å². The van der Waals surface area contributed by atoms with Crippen molar-refractivity contribution >= 4 is 41.0 Å². The summed E-state index contributed by atoms with van der Waals surface area (Å²) in [5, 5.41) is 4.64. The van der Waals surface area contributed by atoms with Crippen molar-refractivity contribution in [3.05, 3.63) is 63.1 Å². The Morgan fingerprint density at radius 1 is 1.15 bits per heavy atom. The van der Waals surface area contributed by atoms with E-state index in [2.05, 4.69) is 9.99 Å².